The van der Waals surface area contributed by atoms with E-state index in [1.165, 1.54) is 25.9 Å². The van der Waals surface area contributed by atoms with Crippen molar-refractivity contribution < 1.29 is 0 Å². The van der Waals surface area contributed by atoms with Crippen LogP contribution in [0.15, 0.2) is 28.5 Å². The van der Waals surface area contributed by atoms with Crippen molar-refractivity contribution in [3.8, 4) is 0 Å². The van der Waals surface area contributed by atoms with Gasteiger partial charge >= 0.3 is 0 Å². The Labute approximate surface area is 110 Å². The van der Waals surface area contributed by atoms with Crippen LogP contribution in [-0.4, -0.2) is 29.1 Å². The minimum Gasteiger partial charge on any atom is -0.342 e. The fraction of sp³-hybridized carbons (Fsp3) is 0.500. The zero-order chi connectivity index (χ0) is 12.1. The first-order chi connectivity index (χ1) is 8.83. The van der Waals surface area contributed by atoms with Crippen LogP contribution in [0.1, 0.15) is 18.9 Å². The topological polar surface area (TPSA) is 25.2 Å². The maximum atomic E-state index is 11.8. The Morgan fingerprint density at radius 3 is 2.78 bits per heavy atom. The summed E-state index contributed by atoms with van der Waals surface area (Å²) in [6.45, 7) is 3.67. The highest BCUT2D eigenvalue weighted by atomic mass is 32.1. The fourth-order valence-electron chi connectivity index (χ4n) is 3.53. The molecule has 0 aliphatic carbocycles. The van der Waals surface area contributed by atoms with Crippen LogP contribution in [0.3, 0.4) is 0 Å². The first kappa shape index (κ1) is 10.8. The Morgan fingerprint density at radius 1 is 1.22 bits per heavy atom. The largest absolute Gasteiger partial charge is 0.342 e. The van der Waals surface area contributed by atoms with E-state index >= 15 is 0 Å². The smallest absolute Gasteiger partial charge is 0.199 e. The van der Waals surface area contributed by atoms with Crippen LogP contribution in [0.4, 0.5) is 0 Å². The summed E-state index contributed by atoms with van der Waals surface area (Å²) in [6.07, 6.45) is 4.62. The summed E-state index contributed by atoms with van der Waals surface area (Å²) in [5, 5.41) is 2.03. The molecule has 0 aromatic carbocycles. The van der Waals surface area contributed by atoms with Gasteiger partial charge in [0.05, 0.1) is 10.2 Å². The Kier molecular flexibility index (Phi) is 2.35. The van der Waals surface area contributed by atoms with Crippen molar-refractivity contribution in [3.05, 3.63) is 33.9 Å². The average molecular weight is 260 g/mol. The predicted molar refractivity (Wildman–Crippen MR) is 74.3 cm³/mol. The van der Waals surface area contributed by atoms with E-state index in [4.69, 9.17) is 0 Å². The van der Waals surface area contributed by atoms with Crippen molar-refractivity contribution in [2.75, 3.05) is 19.6 Å². The molecule has 0 spiro atoms. The molecule has 2 bridgehead atoms. The monoisotopic (exact) mass is 260 g/mol. The molecule has 3 nitrogen and oxygen atoms in total. The number of thiophene rings is 1. The van der Waals surface area contributed by atoms with Gasteiger partial charge in [0, 0.05) is 24.8 Å². The van der Waals surface area contributed by atoms with E-state index in [9.17, 15) is 4.79 Å². The quantitative estimate of drug-likeness (QED) is 0.786. The maximum absolute atomic E-state index is 11.8. The number of piperidine rings is 3. The molecule has 0 N–H and O–H groups in total. The van der Waals surface area contributed by atoms with Gasteiger partial charge in [0.2, 0.25) is 0 Å². The lowest BCUT2D eigenvalue weighted by Crippen LogP contribution is -2.48. The summed E-state index contributed by atoms with van der Waals surface area (Å²) < 4.78 is 3.26. The number of nitrogens with zero attached hydrogens (tertiary/aromatic N) is 2. The SMILES string of the molecule is O=c1ccn(C2CN3CCC2CC3)c2ccsc12. The number of aromatic nitrogens is 1. The molecule has 5 rings (SSSR count). The van der Waals surface area contributed by atoms with E-state index in [0.717, 1.165) is 22.7 Å². The second-order valence-corrected chi connectivity index (χ2v) is 6.34. The maximum Gasteiger partial charge on any atom is 0.199 e. The molecule has 0 radical (unpaired) electrons. The first-order valence-corrected chi connectivity index (χ1v) is 7.51. The minimum atomic E-state index is 0.164. The van der Waals surface area contributed by atoms with Gasteiger partial charge < -0.3 is 9.47 Å². The Hall–Kier alpha value is -1.13. The molecule has 1 unspecified atom stereocenters. The van der Waals surface area contributed by atoms with Gasteiger partial charge in [-0.3, -0.25) is 4.79 Å². The molecule has 3 fully saturated rings. The second kappa shape index (κ2) is 3.93. The lowest BCUT2D eigenvalue weighted by molar-refractivity contribution is 0.0588. The Balaban J connectivity index is 1.85. The predicted octanol–water partition coefficient (Wildman–Crippen LogP) is 2.33. The molecule has 18 heavy (non-hydrogen) atoms. The van der Waals surface area contributed by atoms with Crippen molar-refractivity contribution in [2.24, 2.45) is 5.92 Å². The molecular weight excluding hydrogens is 244 g/mol. The van der Waals surface area contributed by atoms with Crippen molar-refractivity contribution in [3.63, 3.8) is 0 Å². The van der Waals surface area contributed by atoms with Gasteiger partial charge in [0.15, 0.2) is 5.43 Å². The molecule has 3 aliphatic heterocycles. The van der Waals surface area contributed by atoms with Gasteiger partial charge in [-0.1, -0.05) is 0 Å². The first-order valence-electron chi connectivity index (χ1n) is 6.63. The normalized spacial score (nSPS) is 31.0. The van der Waals surface area contributed by atoms with E-state index in [1.54, 1.807) is 17.4 Å². The molecule has 0 saturated carbocycles. The van der Waals surface area contributed by atoms with Crippen molar-refractivity contribution >= 4 is 21.6 Å². The standard InChI is InChI=1S/C14H16N2OS/c17-13-3-7-16(11-4-8-18-14(11)13)12-9-15-5-1-10(12)2-6-15/h3-4,7-8,10,12H,1-2,5-6,9H2. The Morgan fingerprint density at radius 2 is 2.06 bits per heavy atom. The zero-order valence-corrected chi connectivity index (χ0v) is 11.0. The van der Waals surface area contributed by atoms with E-state index in [0.29, 0.717) is 6.04 Å². The van der Waals surface area contributed by atoms with Gasteiger partial charge in [-0.2, -0.15) is 0 Å². The van der Waals surface area contributed by atoms with Crippen molar-refractivity contribution in [2.45, 2.75) is 18.9 Å². The van der Waals surface area contributed by atoms with E-state index < -0.39 is 0 Å². The minimum absolute atomic E-state index is 0.164. The summed E-state index contributed by atoms with van der Waals surface area (Å²) in [5.74, 6) is 0.792. The molecule has 0 amide bonds. The molecule has 3 saturated heterocycles. The summed E-state index contributed by atoms with van der Waals surface area (Å²) in [5.41, 5.74) is 1.30. The number of fused-ring (bicyclic) bond motifs is 4. The molecule has 4 heteroatoms. The molecule has 2 aromatic rings. The summed E-state index contributed by atoms with van der Waals surface area (Å²) in [4.78, 5) is 14.4. The highest BCUT2D eigenvalue weighted by Gasteiger charge is 2.35. The van der Waals surface area contributed by atoms with Crippen LogP contribution >= 0.6 is 11.3 Å². The van der Waals surface area contributed by atoms with Gasteiger partial charge in [-0.25, -0.2) is 0 Å². The van der Waals surface area contributed by atoms with Gasteiger partial charge in [0.1, 0.15) is 0 Å². The van der Waals surface area contributed by atoms with Crippen LogP contribution < -0.4 is 5.43 Å². The molecule has 1 atom stereocenters. The van der Waals surface area contributed by atoms with Gasteiger partial charge in [-0.05, 0) is 43.3 Å². The molecule has 3 aliphatic rings. The van der Waals surface area contributed by atoms with Crippen molar-refractivity contribution in [1.29, 1.82) is 0 Å². The van der Waals surface area contributed by atoms with Crippen LogP contribution in [-0.2, 0) is 0 Å². The van der Waals surface area contributed by atoms with E-state index in [2.05, 4.69) is 15.5 Å². The molecule has 94 valence electrons. The number of pyridine rings is 1. The number of hydrogen-bond donors (Lipinski definition) is 0. The fourth-order valence-corrected chi connectivity index (χ4v) is 4.34. The number of rotatable bonds is 1. The van der Waals surface area contributed by atoms with Crippen molar-refractivity contribution in [1.82, 2.24) is 9.47 Å². The lowest BCUT2D eigenvalue weighted by atomic mass is 9.83. The number of hydrogen-bond acceptors (Lipinski definition) is 3. The van der Waals surface area contributed by atoms with Gasteiger partial charge in [-0.15, -0.1) is 11.3 Å². The van der Waals surface area contributed by atoms with E-state index in [-0.39, 0.29) is 5.43 Å². The summed E-state index contributed by atoms with van der Waals surface area (Å²) in [6, 6.07) is 4.39. The molecule has 5 heterocycles. The van der Waals surface area contributed by atoms with Crippen LogP contribution in [0, 0.1) is 5.92 Å². The van der Waals surface area contributed by atoms with E-state index in [1.807, 2.05) is 11.6 Å². The van der Waals surface area contributed by atoms with Crippen LogP contribution in [0.5, 0.6) is 0 Å². The second-order valence-electron chi connectivity index (χ2n) is 5.43. The zero-order valence-electron chi connectivity index (χ0n) is 10.2. The third-order valence-corrected chi connectivity index (χ3v) is 5.43. The third kappa shape index (κ3) is 1.49. The molecule has 2 aromatic heterocycles. The van der Waals surface area contributed by atoms with Gasteiger partial charge in [0.25, 0.3) is 0 Å². The third-order valence-electron chi connectivity index (χ3n) is 4.51. The molecular formula is C14H16N2OS. The highest BCUT2D eigenvalue weighted by molar-refractivity contribution is 7.17. The summed E-state index contributed by atoms with van der Waals surface area (Å²) in [7, 11) is 0. The Bertz CT molecular complexity index is 637. The summed E-state index contributed by atoms with van der Waals surface area (Å²) >= 11 is 1.57. The van der Waals surface area contributed by atoms with Crippen LogP contribution in [0.25, 0.3) is 10.2 Å². The highest BCUT2D eigenvalue weighted by Crippen LogP contribution is 2.37. The average Bonchev–Trinajstić information content (AvgIpc) is 2.91. The lowest BCUT2D eigenvalue weighted by Gasteiger charge is -2.45. The van der Waals surface area contributed by atoms with Crippen LogP contribution in [0.2, 0.25) is 0 Å².